The molecule has 0 aliphatic rings. The summed E-state index contributed by atoms with van der Waals surface area (Å²) in [4.78, 5) is 25.2. The van der Waals surface area contributed by atoms with Crippen LogP contribution < -0.4 is 11.1 Å². The molecule has 19 heavy (non-hydrogen) atoms. The van der Waals surface area contributed by atoms with Gasteiger partial charge in [-0.1, -0.05) is 13.8 Å². The van der Waals surface area contributed by atoms with Crippen molar-refractivity contribution in [3.63, 3.8) is 0 Å². The van der Waals surface area contributed by atoms with Crippen molar-refractivity contribution in [2.75, 3.05) is 26.2 Å². The molecule has 0 aliphatic heterocycles. The Balaban J connectivity index is 4.25. The van der Waals surface area contributed by atoms with E-state index in [2.05, 4.69) is 19.2 Å². The largest absolute Gasteiger partial charge is 0.355 e. The standard InChI is InChI=1S/C14H29N3O2/c1-5-16-12(18)11-17(6-2)13(19)7-8-14(3,4)9-10-15/h5-11,15H2,1-4H3,(H,16,18). The highest BCUT2D eigenvalue weighted by Gasteiger charge is 2.21. The third-order valence-electron chi connectivity index (χ3n) is 3.28. The zero-order chi connectivity index (χ0) is 14.9. The molecule has 0 aromatic rings. The minimum atomic E-state index is -0.0982. The van der Waals surface area contributed by atoms with Gasteiger partial charge in [-0.3, -0.25) is 9.59 Å². The van der Waals surface area contributed by atoms with Gasteiger partial charge in [0.2, 0.25) is 11.8 Å². The lowest BCUT2D eigenvalue weighted by atomic mass is 9.84. The zero-order valence-corrected chi connectivity index (χ0v) is 12.8. The molecule has 112 valence electrons. The molecule has 0 rings (SSSR count). The van der Waals surface area contributed by atoms with Gasteiger partial charge in [-0.25, -0.2) is 0 Å². The minimum Gasteiger partial charge on any atom is -0.355 e. The summed E-state index contributed by atoms with van der Waals surface area (Å²) in [5.41, 5.74) is 5.64. The Morgan fingerprint density at radius 1 is 1.21 bits per heavy atom. The number of hydrogen-bond acceptors (Lipinski definition) is 3. The number of carbonyl (C=O) groups excluding carboxylic acids is 2. The van der Waals surface area contributed by atoms with Crippen LogP contribution >= 0.6 is 0 Å². The monoisotopic (exact) mass is 271 g/mol. The molecule has 0 fully saturated rings. The molecule has 0 spiro atoms. The first-order valence-electron chi connectivity index (χ1n) is 7.10. The van der Waals surface area contributed by atoms with Crippen LogP contribution in [0.15, 0.2) is 0 Å². The predicted molar refractivity (Wildman–Crippen MR) is 77.6 cm³/mol. The first-order valence-corrected chi connectivity index (χ1v) is 7.10. The quantitative estimate of drug-likeness (QED) is 0.660. The van der Waals surface area contributed by atoms with Gasteiger partial charge in [-0.05, 0) is 38.6 Å². The van der Waals surface area contributed by atoms with Crippen molar-refractivity contribution in [3.05, 3.63) is 0 Å². The van der Waals surface area contributed by atoms with E-state index in [-0.39, 0.29) is 23.8 Å². The summed E-state index contributed by atoms with van der Waals surface area (Å²) in [5.74, 6) is -0.0576. The molecule has 0 bridgehead atoms. The minimum absolute atomic E-state index is 0.0406. The molecule has 5 heteroatoms. The van der Waals surface area contributed by atoms with E-state index >= 15 is 0 Å². The highest BCUT2D eigenvalue weighted by molar-refractivity contribution is 5.84. The summed E-state index contributed by atoms with van der Waals surface area (Å²) < 4.78 is 0. The van der Waals surface area contributed by atoms with Gasteiger partial charge in [0.25, 0.3) is 0 Å². The molecular weight excluding hydrogens is 242 g/mol. The molecule has 0 aliphatic carbocycles. The SMILES string of the molecule is CCNC(=O)CN(CC)C(=O)CCC(C)(C)CCN. The third kappa shape index (κ3) is 7.82. The van der Waals surface area contributed by atoms with Crippen molar-refractivity contribution in [1.82, 2.24) is 10.2 Å². The van der Waals surface area contributed by atoms with E-state index in [0.717, 1.165) is 12.8 Å². The number of rotatable bonds is 9. The Bertz CT molecular complexity index is 290. The maximum Gasteiger partial charge on any atom is 0.239 e. The van der Waals surface area contributed by atoms with Crippen LogP contribution in [0.2, 0.25) is 0 Å². The molecule has 5 nitrogen and oxygen atoms in total. The Morgan fingerprint density at radius 2 is 1.84 bits per heavy atom. The van der Waals surface area contributed by atoms with Crippen LogP contribution in [0.5, 0.6) is 0 Å². The zero-order valence-electron chi connectivity index (χ0n) is 12.8. The summed E-state index contributed by atoms with van der Waals surface area (Å²) in [6.07, 6.45) is 2.18. The normalized spacial score (nSPS) is 11.2. The Morgan fingerprint density at radius 3 is 2.32 bits per heavy atom. The highest BCUT2D eigenvalue weighted by Crippen LogP contribution is 2.26. The maximum atomic E-state index is 12.1. The molecule has 0 aromatic heterocycles. The number of nitrogens with one attached hydrogen (secondary N) is 1. The maximum absolute atomic E-state index is 12.1. The number of nitrogens with zero attached hydrogens (tertiary/aromatic N) is 1. The average Bonchev–Trinajstić information content (AvgIpc) is 2.33. The third-order valence-corrected chi connectivity index (χ3v) is 3.28. The van der Waals surface area contributed by atoms with Crippen LogP contribution in [0.1, 0.15) is 47.0 Å². The Kier molecular flexibility index (Phi) is 8.39. The van der Waals surface area contributed by atoms with Crippen molar-refractivity contribution < 1.29 is 9.59 Å². The lowest BCUT2D eigenvalue weighted by Crippen LogP contribution is -2.40. The van der Waals surface area contributed by atoms with E-state index in [1.54, 1.807) is 4.90 Å². The average molecular weight is 271 g/mol. The smallest absolute Gasteiger partial charge is 0.239 e. The van der Waals surface area contributed by atoms with Gasteiger partial charge in [0.05, 0.1) is 6.54 Å². The van der Waals surface area contributed by atoms with Crippen LogP contribution in [0, 0.1) is 5.41 Å². The van der Waals surface area contributed by atoms with E-state index in [1.165, 1.54) is 0 Å². The highest BCUT2D eigenvalue weighted by atomic mass is 16.2. The molecule has 3 N–H and O–H groups in total. The van der Waals surface area contributed by atoms with Crippen molar-refractivity contribution in [2.45, 2.75) is 47.0 Å². The fraction of sp³-hybridized carbons (Fsp3) is 0.857. The summed E-state index contributed by atoms with van der Waals surface area (Å²) in [6, 6.07) is 0. The molecule has 0 saturated heterocycles. The van der Waals surface area contributed by atoms with Crippen LogP contribution in [0.25, 0.3) is 0 Å². The van der Waals surface area contributed by atoms with E-state index in [0.29, 0.717) is 26.1 Å². The van der Waals surface area contributed by atoms with Crippen LogP contribution in [-0.2, 0) is 9.59 Å². The van der Waals surface area contributed by atoms with Gasteiger partial charge >= 0.3 is 0 Å². The molecule has 0 aromatic carbocycles. The second kappa shape index (κ2) is 8.91. The molecule has 2 amide bonds. The van der Waals surface area contributed by atoms with E-state index in [1.807, 2.05) is 13.8 Å². The van der Waals surface area contributed by atoms with Crippen molar-refractivity contribution in [1.29, 1.82) is 0 Å². The second-order valence-corrected chi connectivity index (χ2v) is 5.56. The number of likely N-dealkylation sites (N-methyl/N-ethyl adjacent to an activating group) is 2. The molecule has 0 radical (unpaired) electrons. The fourth-order valence-corrected chi connectivity index (χ4v) is 1.92. The van der Waals surface area contributed by atoms with Crippen molar-refractivity contribution >= 4 is 11.8 Å². The lowest BCUT2D eigenvalue weighted by molar-refractivity contribution is -0.136. The molecule has 0 atom stereocenters. The van der Waals surface area contributed by atoms with Gasteiger partial charge < -0.3 is 16.0 Å². The topological polar surface area (TPSA) is 75.4 Å². The number of amides is 2. The van der Waals surface area contributed by atoms with Crippen molar-refractivity contribution in [2.24, 2.45) is 11.1 Å². The van der Waals surface area contributed by atoms with Gasteiger partial charge in [0.15, 0.2) is 0 Å². The summed E-state index contributed by atoms with van der Waals surface area (Å²) in [7, 11) is 0. The van der Waals surface area contributed by atoms with Gasteiger partial charge in [0, 0.05) is 19.5 Å². The van der Waals surface area contributed by atoms with Crippen LogP contribution in [-0.4, -0.2) is 42.9 Å². The van der Waals surface area contributed by atoms with Crippen LogP contribution in [0.3, 0.4) is 0 Å². The number of nitrogens with two attached hydrogens (primary N) is 1. The first kappa shape index (κ1) is 17.9. The van der Waals surface area contributed by atoms with Gasteiger partial charge in [-0.2, -0.15) is 0 Å². The molecule has 0 saturated carbocycles. The summed E-state index contributed by atoms with van der Waals surface area (Å²) >= 11 is 0. The molecular formula is C14H29N3O2. The Labute approximate surface area is 116 Å². The van der Waals surface area contributed by atoms with Gasteiger partial charge in [-0.15, -0.1) is 0 Å². The van der Waals surface area contributed by atoms with E-state index in [4.69, 9.17) is 5.73 Å². The summed E-state index contributed by atoms with van der Waals surface area (Å²) in [5, 5.41) is 2.71. The van der Waals surface area contributed by atoms with Gasteiger partial charge in [0.1, 0.15) is 0 Å². The summed E-state index contributed by atoms with van der Waals surface area (Å²) in [6.45, 7) is 9.94. The second-order valence-electron chi connectivity index (χ2n) is 5.56. The first-order chi connectivity index (χ1) is 8.86. The number of carbonyl (C=O) groups is 2. The molecule has 0 unspecified atom stereocenters. The fourth-order valence-electron chi connectivity index (χ4n) is 1.92. The van der Waals surface area contributed by atoms with E-state index in [9.17, 15) is 9.59 Å². The number of hydrogen-bond donors (Lipinski definition) is 2. The van der Waals surface area contributed by atoms with E-state index < -0.39 is 0 Å². The lowest BCUT2D eigenvalue weighted by Gasteiger charge is -2.26. The van der Waals surface area contributed by atoms with Crippen molar-refractivity contribution in [3.8, 4) is 0 Å². The predicted octanol–water partition coefficient (Wildman–Crippen LogP) is 1.13. The Hall–Kier alpha value is -1.10. The van der Waals surface area contributed by atoms with Crippen LogP contribution in [0.4, 0.5) is 0 Å². The molecule has 0 heterocycles.